The van der Waals surface area contributed by atoms with Crippen molar-refractivity contribution in [2.24, 2.45) is 0 Å². The Morgan fingerprint density at radius 2 is 2.50 bits per heavy atom. The van der Waals surface area contributed by atoms with Crippen molar-refractivity contribution in [2.75, 3.05) is 19.6 Å². The number of carboxylic acid groups (broad SMARTS) is 1. The Bertz CT molecular complexity index is 219. The molecular formula is C8H14N2O4. The van der Waals surface area contributed by atoms with Crippen LogP contribution in [0, 0.1) is 0 Å². The number of rotatable bonds is 6. The average molecular weight is 202 g/mol. The monoisotopic (exact) mass is 202 g/mol. The van der Waals surface area contributed by atoms with Crippen LogP contribution >= 0.6 is 0 Å². The third-order valence-electron chi connectivity index (χ3n) is 1.86. The van der Waals surface area contributed by atoms with Crippen LogP contribution in [-0.2, 0) is 9.53 Å². The molecule has 1 amide bonds. The molecule has 1 aliphatic rings. The highest BCUT2D eigenvalue weighted by Gasteiger charge is 2.21. The fourth-order valence-corrected chi connectivity index (χ4v) is 1.17. The number of ether oxygens (including phenoxy) is 1. The topological polar surface area (TPSA) is 87.7 Å². The van der Waals surface area contributed by atoms with Gasteiger partial charge in [0.2, 0.25) is 0 Å². The molecule has 0 aliphatic carbocycles. The third-order valence-corrected chi connectivity index (χ3v) is 1.86. The van der Waals surface area contributed by atoms with Crippen molar-refractivity contribution in [1.29, 1.82) is 0 Å². The number of cyclic esters (lactones) is 1. The molecule has 1 unspecified atom stereocenters. The number of amides is 1. The molecule has 80 valence electrons. The van der Waals surface area contributed by atoms with E-state index in [9.17, 15) is 9.59 Å². The molecule has 0 saturated carbocycles. The van der Waals surface area contributed by atoms with E-state index in [0.717, 1.165) is 0 Å². The first kappa shape index (κ1) is 10.8. The van der Waals surface area contributed by atoms with Crippen molar-refractivity contribution in [2.45, 2.75) is 18.9 Å². The van der Waals surface area contributed by atoms with E-state index in [-0.39, 0.29) is 18.6 Å². The Labute approximate surface area is 81.6 Å². The molecule has 0 aromatic heterocycles. The van der Waals surface area contributed by atoms with Gasteiger partial charge in [0.1, 0.15) is 6.10 Å². The van der Waals surface area contributed by atoms with Gasteiger partial charge in [0.05, 0.1) is 6.54 Å². The zero-order valence-electron chi connectivity index (χ0n) is 7.78. The Morgan fingerprint density at radius 3 is 3.07 bits per heavy atom. The summed E-state index contributed by atoms with van der Waals surface area (Å²) in [7, 11) is 0. The first-order chi connectivity index (χ1) is 6.68. The maximum absolute atomic E-state index is 10.6. The molecule has 0 radical (unpaired) electrons. The minimum Gasteiger partial charge on any atom is -0.481 e. The maximum Gasteiger partial charge on any atom is 0.407 e. The molecule has 0 aromatic rings. The lowest BCUT2D eigenvalue weighted by molar-refractivity contribution is -0.137. The number of hydrogen-bond donors (Lipinski definition) is 3. The molecule has 1 aliphatic heterocycles. The fourth-order valence-electron chi connectivity index (χ4n) is 1.17. The molecule has 6 nitrogen and oxygen atoms in total. The van der Waals surface area contributed by atoms with Gasteiger partial charge in [0.25, 0.3) is 0 Å². The number of carboxylic acids is 1. The van der Waals surface area contributed by atoms with E-state index >= 15 is 0 Å². The minimum atomic E-state index is -0.791. The number of hydrogen-bond acceptors (Lipinski definition) is 4. The second kappa shape index (κ2) is 5.43. The molecule has 0 spiro atoms. The molecule has 3 N–H and O–H groups in total. The maximum atomic E-state index is 10.6. The van der Waals surface area contributed by atoms with Gasteiger partial charge >= 0.3 is 12.1 Å². The van der Waals surface area contributed by atoms with Gasteiger partial charge in [-0.1, -0.05) is 0 Å². The summed E-state index contributed by atoms with van der Waals surface area (Å²) in [5, 5.41) is 13.9. The predicted octanol–water partition coefficient (Wildman–Crippen LogP) is -0.451. The van der Waals surface area contributed by atoms with E-state index in [1.165, 1.54) is 0 Å². The normalized spacial score (nSPS) is 20.3. The average Bonchev–Trinajstić information content (AvgIpc) is 2.50. The first-order valence-electron chi connectivity index (χ1n) is 4.55. The van der Waals surface area contributed by atoms with Gasteiger partial charge in [-0.2, -0.15) is 0 Å². The Hall–Kier alpha value is -1.30. The van der Waals surface area contributed by atoms with Gasteiger partial charge < -0.3 is 20.5 Å². The second-order valence-electron chi connectivity index (χ2n) is 3.11. The van der Waals surface area contributed by atoms with Crippen molar-refractivity contribution in [3.63, 3.8) is 0 Å². The van der Waals surface area contributed by atoms with Crippen LogP contribution < -0.4 is 10.6 Å². The van der Waals surface area contributed by atoms with Crippen LogP contribution in [0.5, 0.6) is 0 Å². The van der Waals surface area contributed by atoms with Crippen molar-refractivity contribution < 1.29 is 19.4 Å². The van der Waals surface area contributed by atoms with Crippen LogP contribution in [0.2, 0.25) is 0 Å². The largest absolute Gasteiger partial charge is 0.481 e. The number of nitrogens with one attached hydrogen (secondary N) is 2. The Kier molecular flexibility index (Phi) is 4.18. The van der Waals surface area contributed by atoms with Crippen molar-refractivity contribution >= 4 is 12.1 Å². The molecule has 0 bridgehead atoms. The van der Waals surface area contributed by atoms with E-state index in [1.807, 2.05) is 0 Å². The molecular weight excluding hydrogens is 188 g/mol. The predicted molar refractivity (Wildman–Crippen MR) is 48.0 cm³/mol. The second-order valence-corrected chi connectivity index (χ2v) is 3.11. The van der Waals surface area contributed by atoms with E-state index in [4.69, 9.17) is 9.84 Å². The van der Waals surface area contributed by atoms with E-state index in [2.05, 4.69) is 10.6 Å². The van der Waals surface area contributed by atoms with Crippen LogP contribution in [0.4, 0.5) is 4.79 Å². The summed E-state index contributed by atoms with van der Waals surface area (Å²) in [5.41, 5.74) is 0. The zero-order valence-corrected chi connectivity index (χ0v) is 7.78. The quantitative estimate of drug-likeness (QED) is 0.508. The minimum absolute atomic E-state index is 0.132. The van der Waals surface area contributed by atoms with Crippen LogP contribution in [0.15, 0.2) is 0 Å². The van der Waals surface area contributed by atoms with E-state index in [1.54, 1.807) is 0 Å². The highest BCUT2D eigenvalue weighted by Crippen LogP contribution is 1.97. The molecule has 6 heteroatoms. The van der Waals surface area contributed by atoms with Gasteiger partial charge in [0, 0.05) is 13.0 Å². The summed E-state index contributed by atoms with van der Waals surface area (Å²) in [5.74, 6) is -0.791. The van der Waals surface area contributed by atoms with Crippen molar-refractivity contribution in [3.8, 4) is 0 Å². The molecule has 1 fully saturated rings. The summed E-state index contributed by atoms with van der Waals surface area (Å²) in [6.07, 6.45) is 0.230. The SMILES string of the molecule is O=C(O)CCCNCC1CNC(=O)O1. The zero-order chi connectivity index (χ0) is 10.4. The van der Waals surface area contributed by atoms with Crippen LogP contribution in [0.25, 0.3) is 0 Å². The van der Waals surface area contributed by atoms with Crippen LogP contribution in [0.3, 0.4) is 0 Å². The highest BCUT2D eigenvalue weighted by atomic mass is 16.6. The number of carbonyl (C=O) groups excluding carboxylic acids is 1. The summed E-state index contributed by atoms with van der Waals surface area (Å²) >= 11 is 0. The number of alkyl carbamates (subject to hydrolysis) is 1. The van der Waals surface area contributed by atoms with E-state index < -0.39 is 5.97 Å². The van der Waals surface area contributed by atoms with Gasteiger partial charge in [-0.25, -0.2) is 4.79 Å². The number of aliphatic carboxylic acids is 1. The third kappa shape index (κ3) is 4.08. The molecule has 1 heterocycles. The highest BCUT2D eigenvalue weighted by molar-refractivity contribution is 5.69. The Morgan fingerprint density at radius 1 is 1.71 bits per heavy atom. The number of carbonyl (C=O) groups is 2. The summed E-state index contributed by atoms with van der Waals surface area (Å²) in [4.78, 5) is 20.7. The van der Waals surface area contributed by atoms with Crippen molar-refractivity contribution in [3.05, 3.63) is 0 Å². The summed E-state index contributed by atoms with van der Waals surface area (Å²) in [6.45, 7) is 1.71. The van der Waals surface area contributed by atoms with Gasteiger partial charge in [-0.15, -0.1) is 0 Å². The fraction of sp³-hybridized carbons (Fsp3) is 0.750. The van der Waals surface area contributed by atoms with Gasteiger partial charge in [0.15, 0.2) is 0 Å². The first-order valence-corrected chi connectivity index (χ1v) is 4.55. The van der Waals surface area contributed by atoms with Crippen molar-refractivity contribution in [1.82, 2.24) is 10.6 Å². The lowest BCUT2D eigenvalue weighted by atomic mass is 10.3. The van der Waals surface area contributed by atoms with E-state index in [0.29, 0.717) is 26.1 Å². The standard InChI is InChI=1S/C8H14N2O4/c11-7(12)2-1-3-9-4-6-5-10-8(13)14-6/h6,9H,1-5H2,(H,10,13)(H,11,12). The van der Waals surface area contributed by atoms with Gasteiger partial charge in [-0.3, -0.25) is 4.79 Å². The Balaban J connectivity index is 1.94. The molecule has 1 saturated heterocycles. The van der Waals surface area contributed by atoms with Crippen LogP contribution in [-0.4, -0.2) is 42.9 Å². The molecule has 0 aromatic carbocycles. The summed E-state index contributed by atoms with van der Waals surface area (Å²) in [6, 6.07) is 0. The summed E-state index contributed by atoms with van der Waals surface area (Å²) < 4.78 is 4.86. The lowest BCUT2D eigenvalue weighted by Gasteiger charge is -2.08. The lowest BCUT2D eigenvalue weighted by Crippen LogP contribution is -2.30. The van der Waals surface area contributed by atoms with Gasteiger partial charge in [-0.05, 0) is 13.0 Å². The smallest absolute Gasteiger partial charge is 0.407 e. The van der Waals surface area contributed by atoms with Crippen LogP contribution in [0.1, 0.15) is 12.8 Å². The molecule has 1 atom stereocenters. The molecule has 1 rings (SSSR count). The molecule has 14 heavy (non-hydrogen) atoms.